The van der Waals surface area contributed by atoms with Crippen LogP contribution in [-0.2, 0) is 16.6 Å². The maximum Gasteiger partial charge on any atom is 0.243 e. The molecule has 0 saturated heterocycles. The Labute approximate surface area is 125 Å². The van der Waals surface area contributed by atoms with Gasteiger partial charge >= 0.3 is 0 Å². The number of halogens is 1. The number of hydrogen-bond donors (Lipinski definition) is 1. The van der Waals surface area contributed by atoms with Crippen molar-refractivity contribution in [3.8, 4) is 0 Å². The van der Waals surface area contributed by atoms with Crippen LogP contribution in [0.5, 0.6) is 0 Å². The number of rotatable bonds is 6. The van der Waals surface area contributed by atoms with Gasteiger partial charge < -0.3 is 5.11 Å². The lowest BCUT2D eigenvalue weighted by atomic mass is 9.85. The minimum Gasteiger partial charge on any atom is -0.392 e. The summed E-state index contributed by atoms with van der Waals surface area (Å²) in [7, 11) is -3.51. The lowest BCUT2D eigenvalue weighted by molar-refractivity contribution is 0.250. The van der Waals surface area contributed by atoms with Crippen molar-refractivity contribution in [2.75, 3.05) is 13.1 Å². The fourth-order valence-electron chi connectivity index (χ4n) is 2.34. The average Bonchev–Trinajstić information content (AvgIpc) is 2.37. The molecule has 1 aliphatic carbocycles. The molecular formula is C14H20ClNO3S. The number of aliphatic hydroxyl groups is 1. The molecule has 1 aliphatic rings. The zero-order valence-electron chi connectivity index (χ0n) is 11.5. The van der Waals surface area contributed by atoms with Gasteiger partial charge in [-0.2, -0.15) is 4.31 Å². The topological polar surface area (TPSA) is 57.6 Å². The van der Waals surface area contributed by atoms with Crippen molar-refractivity contribution in [3.63, 3.8) is 0 Å². The summed E-state index contributed by atoms with van der Waals surface area (Å²) in [6.07, 6.45) is 3.40. The van der Waals surface area contributed by atoms with E-state index in [4.69, 9.17) is 11.6 Å². The third kappa shape index (κ3) is 3.17. The minimum atomic E-state index is -3.51. The number of nitrogens with zero attached hydrogens (tertiary/aromatic N) is 1. The Morgan fingerprint density at radius 1 is 1.40 bits per heavy atom. The Bertz CT molecular complexity index is 570. The quantitative estimate of drug-likeness (QED) is 0.877. The van der Waals surface area contributed by atoms with Crippen LogP contribution in [0, 0.1) is 5.92 Å². The molecule has 0 atom stereocenters. The highest BCUT2D eigenvalue weighted by molar-refractivity contribution is 7.89. The van der Waals surface area contributed by atoms with Crippen LogP contribution in [0.4, 0.5) is 0 Å². The highest BCUT2D eigenvalue weighted by Crippen LogP contribution is 2.29. The van der Waals surface area contributed by atoms with E-state index in [9.17, 15) is 13.5 Å². The van der Waals surface area contributed by atoms with Crippen molar-refractivity contribution >= 4 is 21.6 Å². The second kappa shape index (κ2) is 6.43. The predicted molar refractivity (Wildman–Crippen MR) is 79.1 cm³/mol. The number of benzene rings is 1. The molecule has 2 rings (SSSR count). The van der Waals surface area contributed by atoms with Crippen molar-refractivity contribution in [1.29, 1.82) is 0 Å². The fourth-order valence-corrected chi connectivity index (χ4v) is 4.10. The molecule has 4 nitrogen and oxygen atoms in total. The molecule has 1 aromatic rings. The first-order valence-corrected chi connectivity index (χ1v) is 8.70. The van der Waals surface area contributed by atoms with Gasteiger partial charge in [0.15, 0.2) is 0 Å². The van der Waals surface area contributed by atoms with Gasteiger partial charge in [0.05, 0.1) is 11.5 Å². The standard InChI is InChI=1S/C14H20ClNO3S/c1-2-16(9-11-4-3-5-11)20(18,19)13-6-7-14(15)12(8-13)10-17/h6-8,11,17H,2-5,9-10H2,1H3. The van der Waals surface area contributed by atoms with Crippen LogP contribution in [0.25, 0.3) is 0 Å². The summed E-state index contributed by atoms with van der Waals surface area (Å²) < 4.78 is 26.8. The van der Waals surface area contributed by atoms with Crippen LogP contribution >= 0.6 is 11.6 Å². The van der Waals surface area contributed by atoms with E-state index >= 15 is 0 Å². The summed E-state index contributed by atoms with van der Waals surface area (Å²) in [6.45, 7) is 2.61. The van der Waals surface area contributed by atoms with E-state index in [-0.39, 0.29) is 11.5 Å². The molecule has 1 saturated carbocycles. The van der Waals surface area contributed by atoms with Crippen molar-refractivity contribution in [2.45, 2.75) is 37.7 Å². The summed E-state index contributed by atoms with van der Waals surface area (Å²) in [5.74, 6) is 0.481. The molecule has 1 fully saturated rings. The summed E-state index contributed by atoms with van der Waals surface area (Å²) in [5.41, 5.74) is 0.437. The summed E-state index contributed by atoms with van der Waals surface area (Å²) in [4.78, 5) is 0.201. The highest BCUT2D eigenvalue weighted by Gasteiger charge is 2.28. The van der Waals surface area contributed by atoms with Crippen molar-refractivity contribution < 1.29 is 13.5 Å². The van der Waals surface area contributed by atoms with E-state index in [2.05, 4.69) is 0 Å². The van der Waals surface area contributed by atoms with Crippen LogP contribution in [0.1, 0.15) is 31.7 Å². The molecule has 1 aromatic carbocycles. The molecule has 112 valence electrons. The van der Waals surface area contributed by atoms with Crippen LogP contribution in [-0.4, -0.2) is 30.9 Å². The minimum absolute atomic E-state index is 0.201. The Morgan fingerprint density at radius 2 is 2.10 bits per heavy atom. The Balaban J connectivity index is 2.27. The molecule has 0 bridgehead atoms. The molecule has 0 radical (unpaired) electrons. The Morgan fingerprint density at radius 3 is 2.60 bits per heavy atom. The van der Waals surface area contributed by atoms with E-state index in [1.807, 2.05) is 6.92 Å². The molecule has 0 aromatic heterocycles. The predicted octanol–water partition coefficient (Wildman–Crippen LogP) is 2.64. The molecule has 0 unspecified atom stereocenters. The zero-order chi connectivity index (χ0) is 14.8. The third-order valence-corrected chi connectivity index (χ3v) is 6.17. The normalized spacial score (nSPS) is 16.4. The van der Waals surface area contributed by atoms with Crippen molar-refractivity contribution in [1.82, 2.24) is 4.31 Å². The monoisotopic (exact) mass is 317 g/mol. The first-order chi connectivity index (χ1) is 9.48. The van der Waals surface area contributed by atoms with Crippen LogP contribution in [0.15, 0.2) is 23.1 Å². The zero-order valence-corrected chi connectivity index (χ0v) is 13.1. The van der Waals surface area contributed by atoms with Crippen molar-refractivity contribution in [3.05, 3.63) is 28.8 Å². The van der Waals surface area contributed by atoms with E-state index in [1.165, 1.54) is 28.9 Å². The molecule has 1 N–H and O–H groups in total. The van der Waals surface area contributed by atoms with Gasteiger partial charge in [-0.3, -0.25) is 0 Å². The summed E-state index contributed by atoms with van der Waals surface area (Å²) in [5, 5.41) is 9.59. The van der Waals surface area contributed by atoms with Gasteiger partial charge in [0, 0.05) is 18.1 Å². The van der Waals surface area contributed by atoms with Gasteiger partial charge in [0.2, 0.25) is 10.0 Å². The first kappa shape index (κ1) is 15.8. The SMILES string of the molecule is CCN(CC1CCC1)S(=O)(=O)c1ccc(Cl)c(CO)c1. The fraction of sp³-hybridized carbons (Fsp3) is 0.571. The van der Waals surface area contributed by atoms with Crippen LogP contribution < -0.4 is 0 Å². The molecule has 0 spiro atoms. The van der Waals surface area contributed by atoms with Crippen molar-refractivity contribution in [2.24, 2.45) is 5.92 Å². The van der Waals surface area contributed by atoms with Gasteiger partial charge in [-0.05, 0) is 42.5 Å². The maximum atomic E-state index is 12.6. The van der Waals surface area contributed by atoms with Gasteiger partial charge in [-0.15, -0.1) is 0 Å². The molecule has 6 heteroatoms. The molecule has 0 heterocycles. The lowest BCUT2D eigenvalue weighted by Gasteiger charge is -2.31. The largest absolute Gasteiger partial charge is 0.392 e. The average molecular weight is 318 g/mol. The highest BCUT2D eigenvalue weighted by atomic mass is 35.5. The van der Waals surface area contributed by atoms with E-state index in [0.717, 1.165) is 12.8 Å². The number of aliphatic hydroxyl groups excluding tert-OH is 1. The van der Waals surface area contributed by atoms with E-state index in [0.29, 0.717) is 29.6 Å². The van der Waals surface area contributed by atoms with Crippen LogP contribution in [0.2, 0.25) is 5.02 Å². The van der Waals surface area contributed by atoms with Gasteiger partial charge in [0.1, 0.15) is 0 Å². The van der Waals surface area contributed by atoms with E-state index in [1.54, 1.807) is 0 Å². The van der Waals surface area contributed by atoms with Crippen LogP contribution in [0.3, 0.4) is 0 Å². The maximum absolute atomic E-state index is 12.6. The molecule has 0 amide bonds. The molecule has 0 aliphatic heterocycles. The smallest absolute Gasteiger partial charge is 0.243 e. The first-order valence-electron chi connectivity index (χ1n) is 6.88. The van der Waals surface area contributed by atoms with Gasteiger partial charge in [-0.1, -0.05) is 24.9 Å². The lowest BCUT2D eigenvalue weighted by Crippen LogP contribution is -2.37. The number of hydrogen-bond acceptors (Lipinski definition) is 3. The van der Waals surface area contributed by atoms with Gasteiger partial charge in [-0.25, -0.2) is 8.42 Å². The summed E-state index contributed by atoms with van der Waals surface area (Å²) >= 11 is 5.91. The second-order valence-corrected chi connectivity index (χ2v) is 7.51. The Kier molecular flexibility index (Phi) is 5.07. The number of sulfonamides is 1. The van der Waals surface area contributed by atoms with Gasteiger partial charge in [0.25, 0.3) is 0 Å². The molecular weight excluding hydrogens is 298 g/mol. The summed E-state index contributed by atoms with van der Waals surface area (Å²) in [6, 6.07) is 4.48. The van der Waals surface area contributed by atoms with E-state index < -0.39 is 10.0 Å². The third-order valence-electron chi connectivity index (χ3n) is 3.86. The Hall–Kier alpha value is -0.620. The second-order valence-electron chi connectivity index (χ2n) is 5.16. The molecule has 20 heavy (non-hydrogen) atoms.